The van der Waals surface area contributed by atoms with Crippen LogP contribution in [0.1, 0.15) is 258 Å². The van der Waals surface area contributed by atoms with E-state index in [-0.39, 0.29) is 18.5 Å². The lowest BCUT2D eigenvalue weighted by Gasteiger charge is -2.19. The van der Waals surface area contributed by atoms with E-state index < -0.39 is 12.1 Å². The van der Waals surface area contributed by atoms with E-state index >= 15 is 0 Å². The first-order chi connectivity index (χ1) is 29.5. The van der Waals surface area contributed by atoms with Gasteiger partial charge in [-0.25, -0.2) is 0 Å². The number of unbranched alkanes of at least 4 members (excludes halogenated alkanes) is 30. The molecule has 1 amide bonds. The predicted molar refractivity (Wildman–Crippen MR) is 259 cm³/mol. The van der Waals surface area contributed by atoms with Crippen LogP contribution in [0.5, 0.6) is 0 Å². The van der Waals surface area contributed by atoms with Crippen molar-refractivity contribution in [2.75, 3.05) is 13.2 Å². The molecule has 0 rings (SSSR count). The Morgan fingerprint density at radius 2 is 0.850 bits per heavy atom. The molecule has 0 bridgehead atoms. The molecular weight excluding hydrogens is 743 g/mol. The number of allylic oxidation sites excluding steroid dienone is 7. The van der Waals surface area contributed by atoms with Crippen LogP contribution in [0, 0.1) is 0 Å². The highest BCUT2D eigenvalue weighted by Crippen LogP contribution is 2.14. The summed E-state index contributed by atoms with van der Waals surface area (Å²) in [7, 11) is 0. The summed E-state index contributed by atoms with van der Waals surface area (Å²) in [6.07, 6.45) is 61.3. The standard InChI is InChI=1S/C54H99NO5/c1-3-5-7-9-11-13-15-17-18-19-20-21-24-28-32-36-40-44-48-54(59)60-49-45-41-37-33-29-25-22-23-27-31-35-39-43-47-53(58)55-51(50-56)52(57)46-42-38-34-30-26-16-14-12-10-8-6-4-2/h18-19,23,27,35,39,42,46,51-52,56-57H,3-17,20-22,24-26,28-34,36-38,40-41,43-45,47-50H2,1-2H3,(H,55,58)/b19-18-,27-23-,39-35-,46-42+. The zero-order chi connectivity index (χ0) is 43.7. The van der Waals surface area contributed by atoms with Gasteiger partial charge in [-0.05, 0) is 77.0 Å². The van der Waals surface area contributed by atoms with Gasteiger partial charge in [0.1, 0.15) is 0 Å². The van der Waals surface area contributed by atoms with Gasteiger partial charge in [0.05, 0.1) is 25.4 Å². The van der Waals surface area contributed by atoms with E-state index in [1.165, 1.54) is 173 Å². The first-order valence-electron chi connectivity index (χ1n) is 25.9. The summed E-state index contributed by atoms with van der Waals surface area (Å²) in [5.41, 5.74) is 0. The summed E-state index contributed by atoms with van der Waals surface area (Å²) >= 11 is 0. The number of hydrogen-bond donors (Lipinski definition) is 3. The molecule has 2 atom stereocenters. The van der Waals surface area contributed by atoms with Gasteiger partial charge in [-0.1, -0.05) is 217 Å². The SMILES string of the molecule is CCCCCCCCC/C=C\CCCCCCCCCC(=O)OCCCCCCCC/C=C\C/C=C\CCC(=O)NC(CO)C(O)/C=C/CCCCCCCCCCCC. The normalized spacial score (nSPS) is 13.1. The van der Waals surface area contributed by atoms with Gasteiger partial charge in [-0.15, -0.1) is 0 Å². The van der Waals surface area contributed by atoms with Gasteiger partial charge >= 0.3 is 5.97 Å². The number of carbonyl (C=O) groups excluding carboxylic acids is 2. The van der Waals surface area contributed by atoms with Crippen LogP contribution < -0.4 is 5.32 Å². The Morgan fingerprint density at radius 1 is 0.467 bits per heavy atom. The maximum atomic E-state index is 12.4. The number of rotatable bonds is 47. The van der Waals surface area contributed by atoms with Gasteiger partial charge in [0.15, 0.2) is 0 Å². The third kappa shape index (κ3) is 45.3. The number of esters is 1. The van der Waals surface area contributed by atoms with Crippen LogP contribution in [0.3, 0.4) is 0 Å². The van der Waals surface area contributed by atoms with Crippen molar-refractivity contribution in [1.29, 1.82) is 0 Å². The molecule has 0 aliphatic rings. The molecule has 0 radical (unpaired) electrons. The first-order valence-corrected chi connectivity index (χ1v) is 25.9. The van der Waals surface area contributed by atoms with E-state index in [2.05, 4.69) is 49.5 Å². The molecule has 3 N–H and O–H groups in total. The van der Waals surface area contributed by atoms with Crippen LogP contribution >= 0.6 is 0 Å². The molecule has 0 aromatic carbocycles. The summed E-state index contributed by atoms with van der Waals surface area (Å²) in [6.45, 7) is 4.81. The van der Waals surface area contributed by atoms with Gasteiger partial charge < -0.3 is 20.3 Å². The maximum absolute atomic E-state index is 12.4. The average Bonchev–Trinajstić information content (AvgIpc) is 3.25. The van der Waals surface area contributed by atoms with Gasteiger partial charge in [-0.3, -0.25) is 9.59 Å². The largest absolute Gasteiger partial charge is 0.466 e. The lowest BCUT2D eigenvalue weighted by Crippen LogP contribution is -2.45. The molecule has 60 heavy (non-hydrogen) atoms. The van der Waals surface area contributed by atoms with E-state index in [9.17, 15) is 19.8 Å². The molecule has 0 aromatic heterocycles. The number of carbonyl (C=O) groups is 2. The van der Waals surface area contributed by atoms with Crippen molar-refractivity contribution < 1.29 is 24.5 Å². The maximum Gasteiger partial charge on any atom is 0.305 e. The zero-order valence-corrected chi connectivity index (χ0v) is 39.7. The number of aliphatic hydroxyl groups excluding tert-OH is 2. The molecule has 0 aliphatic heterocycles. The van der Waals surface area contributed by atoms with Crippen LogP contribution in [0.4, 0.5) is 0 Å². The molecule has 0 aromatic rings. The van der Waals surface area contributed by atoms with E-state index in [1.54, 1.807) is 6.08 Å². The van der Waals surface area contributed by atoms with E-state index in [1.807, 2.05) is 12.2 Å². The van der Waals surface area contributed by atoms with E-state index in [0.717, 1.165) is 51.4 Å². The van der Waals surface area contributed by atoms with E-state index in [4.69, 9.17) is 4.74 Å². The lowest BCUT2D eigenvalue weighted by atomic mass is 10.1. The smallest absolute Gasteiger partial charge is 0.305 e. The Balaban J connectivity index is 3.56. The van der Waals surface area contributed by atoms with Crippen LogP contribution in [0.25, 0.3) is 0 Å². The topological polar surface area (TPSA) is 95.9 Å². The van der Waals surface area contributed by atoms with Gasteiger partial charge in [0.2, 0.25) is 5.91 Å². The molecule has 2 unspecified atom stereocenters. The minimum absolute atomic E-state index is 0.0224. The molecule has 6 heteroatoms. The van der Waals surface area contributed by atoms with Crippen LogP contribution in [-0.4, -0.2) is 47.4 Å². The number of amides is 1. The molecule has 0 heterocycles. The Hall–Kier alpha value is -2.18. The van der Waals surface area contributed by atoms with Crippen molar-refractivity contribution in [3.05, 3.63) is 48.6 Å². The molecule has 6 nitrogen and oxygen atoms in total. The van der Waals surface area contributed by atoms with Crippen LogP contribution in [0.15, 0.2) is 48.6 Å². The Bertz CT molecular complexity index is 1020. The summed E-state index contributed by atoms with van der Waals surface area (Å²) in [6, 6.07) is -0.671. The summed E-state index contributed by atoms with van der Waals surface area (Å²) in [5.74, 6) is -0.173. The van der Waals surface area contributed by atoms with Crippen molar-refractivity contribution in [3.8, 4) is 0 Å². The number of ether oxygens (including phenoxy) is 1. The predicted octanol–water partition coefficient (Wildman–Crippen LogP) is 15.5. The Kier molecular flexibility index (Phi) is 47.7. The molecule has 0 fully saturated rings. The van der Waals surface area contributed by atoms with Gasteiger partial charge in [0, 0.05) is 12.8 Å². The summed E-state index contributed by atoms with van der Waals surface area (Å²) in [4.78, 5) is 24.4. The third-order valence-electron chi connectivity index (χ3n) is 11.6. The fraction of sp³-hybridized carbons (Fsp3) is 0.815. The fourth-order valence-electron chi connectivity index (χ4n) is 7.56. The van der Waals surface area contributed by atoms with Crippen molar-refractivity contribution in [1.82, 2.24) is 5.32 Å². The van der Waals surface area contributed by atoms with Crippen LogP contribution in [-0.2, 0) is 14.3 Å². The third-order valence-corrected chi connectivity index (χ3v) is 11.6. The van der Waals surface area contributed by atoms with Crippen molar-refractivity contribution in [2.45, 2.75) is 270 Å². The van der Waals surface area contributed by atoms with Crippen LogP contribution in [0.2, 0.25) is 0 Å². The molecule has 0 spiro atoms. The van der Waals surface area contributed by atoms with E-state index in [0.29, 0.717) is 25.9 Å². The van der Waals surface area contributed by atoms with Crippen molar-refractivity contribution >= 4 is 11.9 Å². The second kappa shape index (κ2) is 49.5. The quantitative estimate of drug-likeness (QED) is 0.0322. The Labute approximate surface area is 372 Å². The summed E-state index contributed by atoms with van der Waals surface area (Å²) in [5, 5.41) is 22.9. The average molecular weight is 842 g/mol. The highest BCUT2D eigenvalue weighted by molar-refractivity contribution is 5.76. The first kappa shape index (κ1) is 57.8. The minimum atomic E-state index is -0.879. The second-order valence-electron chi connectivity index (χ2n) is 17.5. The van der Waals surface area contributed by atoms with Gasteiger partial charge in [-0.2, -0.15) is 0 Å². The molecule has 0 saturated carbocycles. The fourth-order valence-corrected chi connectivity index (χ4v) is 7.56. The Morgan fingerprint density at radius 3 is 1.32 bits per heavy atom. The van der Waals surface area contributed by atoms with Crippen molar-refractivity contribution in [2.24, 2.45) is 0 Å². The highest BCUT2D eigenvalue weighted by Gasteiger charge is 2.17. The lowest BCUT2D eigenvalue weighted by molar-refractivity contribution is -0.143. The monoisotopic (exact) mass is 842 g/mol. The summed E-state index contributed by atoms with van der Waals surface area (Å²) < 4.78 is 5.46. The zero-order valence-electron chi connectivity index (χ0n) is 39.7. The van der Waals surface area contributed by atoms with Gasteiger partial charge in [0.25, 0.3) is 0 Å². The highest BCUT2D eigenvalue weighted by atomic mass is 16.5. The van der Waals surface area contributed by atoms with Crippen molar-refractivity contribution in [3.63, 3.8) is 0 Å². The molecular formula is C54H99NO5. The molecule has 350 valence electrons. The number of aliphatic hydroxyl groups is 2. The molecule has 0 aliphatic carbocycles. The molecule has 0 saturated heterocycles. The number of hydrogen-bond acceptors (Lipinski definition) is 5. The minimum Gasteiger partial charge on any atom is -0.466 e. The number of nitrogens with one attached hydrogen (secondary N) is 1. The second-order valence-corrected chi connectivity index (χ2v) is 17.5.